The second kappa shape index (κ2) is 8.63. The van der Waals surface area contributed by atoms with Crippen molar-refractivity contribution in [3.8, 4) is 0 Å². The number of rotatable bonds is 3. The van der Waals surface area contributed by atoms with Crippen molar-refractivity contribution >= 4 is 35.7 Å². The van der Waals surface area contributed by atoms with Crippen LogP contribution in [0.2, 0.25) is 5.02 Å². The summed E-state index contributed by atoms with van der Waals surface area (Å²) in [4.78, 5) is 18.4. The van der Waals surface area contributed by atoms with Gasteiger partial charge < -0.3 is 15.5 Å². The Bertz CT molecular complexity index is 638. The Balaban J connectivity index is 0.00000243. The lowest BCUT2D eigenvalue weighted by Crippen LogP contribution is -2.54. The number of anilines is 1. The Labute approximate surface area is 161 Å². The number of hydrogen-bond acceptors (Lipinski definition) is 4. The van der Waals surface area contributed by atoms with E-state index < -0.39 is 17.8 Å². The third-order valence-electron chi connectivity index (χ3n) is 4.70. The molecule has 0 radical (unpaired) electrons. The van der Waals surface area contributed by atoms with Gasteiger partial charge in [0.25, 0.3) is 0 Å². The largest absolute Gasteiger partial charge is 0.417 e. The van der Waals surface area contributed by atoms with Gasteiger partial charge in [0.2, 0.25) is 5.91 Å². The van der Waals surface area contributed by atoms with Gasteiger partial charge >= 0.3 is 6.18 Å². The normalized spacial score (nSPS) is 22.1. The molecule has 1 aromatic heterocycles. The molecule has 1 atom stereocenters. The van der Waals surface area contributed by atoms with Crippen LogP contribution < -0.4 is 10.6 Å². The van der Waals surface area contributed by atoms with E-state index in [2.05, 4.69) is 15.6 Å². The van der Waals surface area contributed by atoms with Gasteiger partial charge in [0.1, 0.15) is 11.9 Å². The van der Waals surface area contributed by atoms with E-state index in [1.807, 2.05) is 4.90 Å². The number of pyridine rings is 1. The zero-order valence-electron chi connectivity index (χ0n) is 14.0. The maximum atomic E-state index is 12.8. The Morgan fingerprint density at radius 1 is 1.27 bits per heavy atom. The molecule has 2 aliphatic heterocycles. The lowest BCUT2D eigenvalue weighted by Gasteiger charge is -2.40. The van der Waals surface area contributed by atoms with Gasteiger partial charge in [-0.1, -0.05) is 11.6 Å². The third-order valence-corrected chi connectivity index (χ3v) is 4.99. The molecule has 1 aromatic rings. The first kappa shape index (κ1) is 21.1. The summed E-state index contributed by atoms with van der Waals surface area (Å²) in [7, 11) is 0. The van der Waals surface area contributed by atoms with Crippen LogP contribution in [0.4, 0.5) is 19.0 Å². The molecule has 26 heavy (non-hydrogen) atoms. The fraction of sp³-hybridized carbons (Fsp3) is 0.625. The first-order chi connectivity index (χ1) is 11.9. The summed E-state index contributed by atoms with van der Waals surface area (Å²) < 4.78 is 38.1. The van der Waals surface area contributed by atoms with Gasteiger partial charge in [-0.2, -0.15) is 13.2 Å². The molecule has 0 saturated carbocycles. The van der Waals surface area contributed by atoms with Gasteiger partial charge in [0, 0.05) is 18.8 Å². The lowest BCUT2D eigenvalue weighted by molar-refractivity contribution is -0.138. The second-order valence-corrected chi connectivity index (χ2v) is 6.81. The van der Waals surface area contributed by atoms with Crippen molar-refractivity contribution < 1.29 is 18.0 Å². The van der Waals surface area contributed by atoms with Gasteiger partial charge in [0.05, 0.1) is 10.6 Å². The number of likely N-dealkylation sites (tertiary alicyclic amines) is 1. The summed E-state index contributed by atoms with van der Waals surface area (Å²) >= 11 is 5.93. The van der Waals surface area contributed by atoms with Crippen LogP contribution >= 0.6 is 24.0 Å². The standard InChI is InChI=1S/C16H20ClF3N4O.ClH/c17-12-8-10(16(18,19)20)9-22-14(12)23-13-2-1-7-24(15(13)25)11-3-5-21-6-4-11;/h8-9,11,13,21H,1-7H2,(H,22,23);1H/t13-;/m0./s1. The molecule has 3 rings (SSSR count). The molecular weight excluding hydrogens is 392 g/mol. The highest BCUT2D eigenvalue weighted by Crippen LogP contribution is 2.33. The Kier molecular flexibility index (Phi) is 6.99. The molecule has 0 bridgehead atoms. The molecule has 2 aliphatic rings. The first-order valence-electron chi connectivity index (χ1n) is 8.37. The van der Waals surface area contributed by atoms with Crippen molar-refractivity contribution in [1.82, 2.24) is 15.2 Å². The quantitative estimate of drug-likeness (QED) is 0.799. The predicted molar refractivity (Wildman–Crippen MR) is 95.7 cm³/mol. The molecular formula is C16H21Cl2F3N4O. The van der Waals surface area contributed by atoms with E-state index in [4.69, 9.17) is 11.6 Å². The van der Waals surface area contributed by atoms with Gasteiger partial charge in [-0.15, -0.1) is 12.4 Å². The van der Waals surface area contributed by atoms with E-state index in [9.17, 15) is 18.0 Å². The van der Waals surface area contributed by atoms with E-state index in [1.54, 1.807) is 0 Å². The molecule has 2 N–H and O–H groups in total. The minimum Gasteiger partial charge on any atom is -0.357 e. The van der Waals surface area contributed by atoms with E-state index in [0.29, 0.717) is 6.42 Å². The fourth-order valence-electron chi connectivity index (χ4n) is 3.38. The number of nitrogens with one attached hydrogen (secondary N) is 2. The number of carbonyl (C=O) groups is 1. The summed E-state index contributed by atoms with van der Waals surface area (Å²) in [5.41, 5.74) is -0.908. The molecule has 10 heteroatoms. The second-order valence-electron chi connectivity index (χ2n) is 6.40. The highest BCUT2D eigenvalue weighted by molar-refractivity contribution is 6.33. The van der Waals surface area contributed by atoms with E-state index in [0.717, 1.165) is 51.2 Å². The van der Waals surface area contributed by atoms with Gasteiger partial charge in [-0.25, -0.2) is 4.98 Å². The van der Waals surface area contributed by atoms with Crippen LogP contribution in [-0.4, -0.2) is 47.5 Å². The number of amides is 1. The molecule has 3 heterocycles. The molecule has 0 unspecified atom stereocenters. The number of carbonyl (C=O) groups excluding carboxylic acids is 1. The van der Waals surface area contributed by atoms with Crippen LogP contribution in [-0.2, 0) is 11.0 Å². The minimum atomic E-state index is -4.50. The molecule has 2 saturated heterocycles. The molecule has 0 spiro atoms. The van der Waals surface area contributed by atoms with Crippen molar-refractivity contribution in [3.63, 3.8) is 0 Å². The Morgan fingerprint density at radius 3 is 2.58 bits per heavy atom. The lowest BCUT2D eigenvalue weighted by atomic mass is 9.98. The summed E-state index contributed by atoms with van der Waals surface area (Å²) in [5.74, 6) is 0.0797. The topological polar surface area (TPSA) is 57.3 Å². The van der Waals surface area contributed by atoms with Crippen molar-refractivity contribution in [1.29, 1.82) is 0 Å². The van der Waals surface area contributed by atoms with Crippen LogP contribution in [0.25, 0.3) is 0 Å². The smallest absolute Gasteiger partial charge is 0.357 e. The fourth-order valence-corrected chi connectivity index (χ4v) is 3.60. The van der Waals surface area contributed by atoms with Crippen molar-refractivity contribution in [2.75, 3.05) is 25.0 Å². The van der Waals surface area contributed by atoms with E-state index >= 15 is 0 Å². The van der Waals surface area contributed by atoms with Crippen LogP contribution in [0.15, 0.2) is 12.3 Å². The highest BCUT2D eigenvalue weighted by Gasteiger charge is 2.35. The SMILES string of the molecule is Cl.O=C1[C@@H](Nc2ncc(C(F)(F)F)cc2Cl)CCCN1C1CCNCC1. The van der Waals surface area contributed by atoms with Crippen molar-refractivity contribution in [2.24, 2.45) is 0 Å². The van der Waals surface area contributed by atoms with Crippen LogP contribution in [0.5, 0.6) is 0 Å². The predicted octanol–water partition coefficient (Wildman–Crippen LogP) is 3.33. The Morgan fingerprint density at radius 2 is 1.96 bits per heavy atom. The first-order valence-corrected chi connectivity index (χ1v) is 8.74. The number of piperidine rings is 2. The summed E-state index contributed by atoms with van der Waals surface area (Å²) in [5, 5.41) is 6.06. The zero-order valence-corrected chi connectivity index (χ0v) is 15.6. The number of aromatic nitrogens is 1. The van der Waals surface area contributed by atoms with Crippen molar-refractivity contribution in [3.05, 3.63) is 22.8 Å². The van der Waals surface area contributed by atoms with Crippen LogP contribution in [0.3, 0.4) is 0 Å². The molecule has 1 amide bonds. The number of nitrogens with zero attached hydrogens (tertiary/aromatic N) is 2. The van der Waals surface area contributed by atoms with Crippen LogP contribution in [0.1, 0.15) is 31.2 Å². The van der Waals surface area contributed by atoms with E-state index in [-0.39, 0.29) is 35.2 Å². The number of alkyl halides is 3. The summed E-state index contributed by atoms with van der Waals surface area (Å²) in [6.07, 6.45) is -0.492. The molecule has 2 fully saturated rings. The van der Waals surface area contributed by atoms with E-state index in [1.165, 1.54) is 0 Å². The maximum Gasteiger partial charge on any atom is 0.417 e. The number of hydrogen-bond donors (Lipinski definition) is 2. The van der Waals surface area contributed by atoms with Gasteiger partial charge in [-0.3, -0.25) is 4.79 Å². The van der Waals surface area contributed by atoms with Gasteiger partial charge in [-0.05, 0) is 44.8 Å². The minimum absolute atomic E-state index is 0. The maximum absolute atomic E-state index is 12.8. The monoisotopic (exact) mass is 412 g/mol. The molecule has 5 nitrogen and oxygen atoms in total. The Hall–Kier alpha value is -1.25. The highest BCUT2D eigenvalue weighted by atomic mass is 35.5. The molecule has 0 aromatic carbocycles. The number of halogens is 5. The molecule has 0 aliphatic carbocycles. The average molecular weight is 413 g/mol. The average Bonchev–Trinajstić information content (AvgIpc) is 2.58. The third kappa shape index (κ3) is 4.72. The van der Waals surface area contributed by atoms with Gasteiger partial charge in [0.15, 0.2) is 0 Å². The van der Waals surface area contributed by atoms with Crippen LogP contribution in [0, 0.1) is 0 Å². The zero-order chi connectivity index (χ0) is 18.0. The molecule has 146 valence electrons. The summed E-state index contributed by atoms with van der Waals surface area (Å²) in [6.45, 7) is 2.49. The van der Waals surface area contributed by atoms with Crippen molar-refractivity contribution in [2.45, 2.75) is 43.9 Å². The summed E-state index contributed by atoms with van der Waals surface area (Å²) in [6, 6.07) is 0.536.